The highest BCUT2D eigenvalue weighted by molar-refractivity contribution is 6.31. The van der Waals surface area contributed by atoms with Crippen LogP contribution in [0.25, 0.3) is 0 Å². The summed E-state index contributed by atoms with van der Waals surface area (Å²) in [5, 5.41) is 4.12. The number of ether oxygens (including phenoxy) is 1. The second-order valence-electron chi connectivity index (χ2n) is 8.68. The number of nitrogens with zero attached hydrogens (tertiary/aromatic N) is 1. The maximum absolute atomic E-state index is 13.6. The molecule has 5 nitrogen and oxygen atoms in total. The Labute approximate surface area is 217 Å². The number of hydrogen-bond acceptors (Lipinski definition) is 3. The molecule has 0 heterocycles. The number of amides is 2. The lowest BCUT2D eigenvalue weighted by Crippen LogP contribution is -2.52. The largest absolute Gasteiger partial charge is 0.484 e. The van der Waals surface area contributed by atoms with E-state index >= 15 is 0 Å². The first kappa shape index (κ1) is 26.6. The smallest absolute Gasteiger partial charge is 0.261 e. The van der Waals surface area contributed by atoms with Crippen LogP contribution in [0.3, 0.4) is 0 Å². The van der Waals surface area contributed by atoms with Crippen LogP contribution in [0.4, 0.5) is 0 Å². The molecule has 3 aromatic rings. The lowest BCUT2D eigenvalue weighted by Gasteiger charge is -2.32. The number of halogens is 2. The zero-order valence-electron chi connectivity index (χ0n) is 20.1. The molecule has 2 amide bonds. The Morgan fingerprint density at radius 3 is 2.29 bits per heavy atom. The summed E-state index contributed by atoms with van der Waals surface area (Å²) in [5.41, 5.74) is 2.55. The van der Waals surface area contributed by atoms with Gasteiger partial charge < -0.3 is 15.0 Å². The number of carbonyl (C=O) groups is 2. The van der Waals surface area contributed by atoms with Crippen molar-refractivity contribution < 1.29 is 14.3 Å². The molecule has 0 aromatic heterocycles. The Kier molecular flexibility index (Phi) is 9.58. The van der Waals surface area contributed by atoms with Gasteiger partial charge in [-0.2, -0.15) is 0 Å². The van der Waals surface area contributed by atoms with E-state index in [4.69, 9.17) is 27.9 Å². The first-order valence-corrected chi connectivity index (χ1v) is 12.3. The highest BCUT2D eigenvalue weighted by atomic mass is 35.5. The van der Waals surface area contributed by atoms with Gasteiger partial charge in [0.05, 0.1) is 0 Å². The summed E-state index contributed by atoms with van der Waals surface area (Å²) in [7, 11) is 0. The summed E-state index contributed by atoms with van der Waals surface area (Å²) >= 11 is 12.5. The van der Waals surface area contributed by atoms with Crippen LogP contribution >= 0.6 is 23.2 Å². The van der Waals surface area contributed by atoms with Gasteiger partial charge in [0.1, 0.15) is 11.8 Å². The van der Waals surface area contributed by atoms with Gasteiger partial charge in [-0.3, -0.25) is 9.59 Å². The standard InChI is InChI=1S/C28H30Cl2N2O3/c1-19(2)31-28(34)26(16-21-9-5-4-6-10-21)32(17-22-11-7-8-12-25(22)30)27(33)18-35-23-13-14-24(29)20(3)15-23/h4-15,19,26H,16-18H2,1-3H3,(H,31,34)/t26-/m0/s1. The second-order valence-corrected chi connectivity index (χ2v) is 9.50. The van der Waals surface area contributed by atoms with Crippen LogP contribution in [0.15, 0.2) is 72.8 Å². The normalized spacial score (nSPS) is 11.7. The number of benzene rings is 3. The van der Waals surface area contributed by atoms with E-state index in [-0.39, 0.29) is 31.0 Å². The average molecular weight is 513 g/mol. The van der Waals surface area contributed by atoms with Crippen LogP contribution in [0.5, 0.6) is 5.75 Å². The fraction of sp³-hybridized carbons (Fsp3) is 0.286. The third kappa shape index (κ3) is 7.74. The minimum absolute atomic E-state index is 0.0775. The highest BCUT2D eigenvalue weighted by Crippen LogP contribution is 2.23. The summed E-state index contributed by atoms with van der Waals surface area (Å²) in [6.07, 6.45) is 0.357. The van der Waals surface area contributed by atoms with E-state index in [1.807, 2.05) is 69.3 Å². The lowest BCUT2D eigenvalue weighted by atomic mass is 10.0. The van der Waals surface area contributed by atoms with E-state index in [1.165, 1.54) is 0 Å². The molecule has 0 bridgehead atoms. The molecule has 0 radical (unpaired) electrons. The molecule has 0 spiro atoms. The number of nitrogens with one attached hydrogen (secondary N) is 1. The first-order valence-electron chi connectivity index (χ1n) is 11.5. The molecule has 1 atom stereocenters. The van der Waals surface area contributed by atoms with Gasteiger partial charge >= 0.3 is 0 Å². The predicted molar refractivity (Wildman–Crippen MR) is 141 cm³/mol. The SMILES string of the molecule is Cc1cc(OCC(=O)N(Cc2ccccc2Cl)[C@@H](Cc2ccccc2)C(=O)NC(C)C)ccc1Cl. The summed E-state index contributed by atoms with van der Waals surface area (Å²) < 4.78 is 5.80. The predicted octanol–water partition coefficient (Wildman–Crippen LogP) is 5.85. The van der Waals surface area contributed by atoms with Gasteiger partial charge in [-0.05, 0) is 61.7 Å². The number of carbonyl (C=O) groups excluding carboxylic acids is 2. The topological polar surface area (TPSA) is 58.6 Å². The van der Waals surface area contributed by atoms with Crippen molar-refractivity contribution >= 4 is 35.0 Å². The molecule has 0 fully saturated rings. The van der Waals surface area contributed by atoms with E-state index in [9.17, 15) is 9.59 Å². The molecule has 0 aliphatic carbocycles. The van der Waals surface area contributed by atoms with E-state index in [0.29, 0.717) is 22.2 Å². The Bertz CT molecular complexity index is 1150. The van der Waals surface area contributed by atoms with Crippen molar-refractivity contribution in [1.29, 1.82) is 0 Å². The minimum atomic E-state index is -0.751. The molecule has 0 unspecified atom stereocenters. The van der Waals surface area contributed by atoms with Crippen molar-refractivity contribution in [2.24, 2.45) is 0 Å². The number of aryl methyl sites for hydroxylation is 1. The second kappa shape index (κ2) is 12.6. The van der Waals surface area contributed by atoms with Gasteiger partial charge in [-0.1, -0.05) is 71.7 Å². The van der Waals surface area contributed by atoms with Gasteiger partial charge in [0.15, 0.2) is 6.61 Å². The Balaban J connectivity index is 1.92. The molecule has 0 saturated carbocycles. The molecule has 35 heavy (non-hydrogen) atoms. The minimum Gasteiger partial charge on any atom is -0.484 e. The molecule has 0 saturated heterocycles. The van der Waals surface area contributed by atoms with Crippen molar-refractivity contribution in [2.45, 2.75) is 45.8 Å². The van der Waals surface area contributed by atoms with Crippen molar-refractivity contribution in [3.63, 3.8) is 0 Å². The van der Waals surface area contributed by atoms with Crippen LogP contribution in [-0.4, -0.2) is 35.4 Å². The number of rotatable bonds is 10. The molecule has 1 N–H and O–H groups in total. The maximum atomic E-state index is 13.6. The molecular formula is C28H30Cl2N2O3. The molecule has 0 aliphatic heterocycles. The average Bonchev–Trinajstić information content (AvgIpc) is 2.83. The molecule has 3 aromatic carbocycles. The molecule has 3 rings (SSSR count). The molecule has 0 aliphatic rings. The maximum Gasteiger partial charge on any atom is 0.261 e. The van der Waals surface area contributed by atoms with Crippen LogP contribution in [-0.2, 0) is 22.6 Å². The van der Waals surface area contributed by atoms with Crippen LogP contribution in [0.1, 0.15) is 30.5 Å². The molecular weight excluding hydrogens is 483 g/mol. The monoisotopic (exact) mass is 512 g/mol. The highest BCUT2D eigenvalue weighted by Gasteiger charge is 2.31. The fourth-order valence-corrected chi connectivity index (χ4v) is 3.99. The summed E-state index contributed by atoms with van der Waals surface area (Å²) in [4.78, 5) is 28.5. The third-order valence-electron chi connectivity index (χ3n) is 5.49. The summed E-state index contributed by atoms with van der Waals surface area (Å²) in [6.45, 7) is 5.59. The van der Waals surface area contributed by atoms with Gasteiger partial charge in [-0.25, -0.2) is 0 Å². The van der Waals surface area contributed by atoms with Gasteiger partial charge in [0, 0.05) is 29.1 Å². The van der Waals surface area contributed by atoms with Crippen LogP contribution < -0.4 is 10.1 Å². The van der Waals surface area contributed by atoms with Gasteiger partial charge in [-0.15, -0.1) is 0 Å². The van der Waals surface area contributed by atoms with Crippen molar-refractivity contribution in [3.8, 4) is 5.75 Å². The Hall–Kier alpha value is -3.02. The van der Waals surface area contributed by atoms with E-state index in [0.717, 1.165) is 16.7 Å². The Morgan fingerprint density at radius 1 is 0.943 bits per heavy atom. The third-order valence-corrected chi connectivity index (χ3v) is 6.29. The summed E-state index contributed by atoms with van der Waals surface area (Å²) in [6, 6.07) is 21.3. The van der Waals surface area contributed by atoms with E-state index < -0.39 is 6.04 Å². The van der Waals surface area contributed by atoms with Crippen molar-refractivity contribution in [1.82, 2.24) is 10.2 Å². The first-order chi connectivity index (χ1) is 16.7. The number of hydrogen-bond donors (Lipinski definition) is 1. The van der Waals surface area contributed by atoms with Crippen LogP contribution in [0, 0.1) is 6.92 Å². The van der Waals surface area contributed by atoms with Gasteiger partial charge in [0.2, 0.25) is 5.91 Å². The summed E-state index contributed by atoms with van der Waals surface area (Å²) in [5.74, 6) is -0.0202. The van der Waals surface area contributed by atoms with Crippen molar-refractivity contribution in [3.05, 3.63) is 99.5 Å². The quantitative estimate of drug-likeness (QED) is 0.370. The zero-order valence-corrected chi connectivity index (χ0v) is 21.6. The fourth-order valence-electron chi connectivity index (χ4n) is 3.68. The van der Waals surface area contributed by atoms with Crippen LogP contribution in [0.2, 0.25) is 10.0 Å². The zero-order chi connectivity index (χ0) is 25.4. The van der Waals surface area contributed by atoms with E-state index in [2.05, 4.69) is 5.32 Å². The molecule has 7 heteroatoms. The lowest BCUT2D eigenvalue weighted by molar-refractivity contribution is -0.143. The Morgan fingerprint density at radius 2 is 1.63 bits per heavy atom. The van der Waals surface area contributed by atoms with E-state index in [1.54, 1.807) is 29.2 Å². The van der Waals surface area contributed by atoms with Gasteiger partial charge in [0.25, 0.3) is 5.91 Å². The van der Waals surface area contributed by atoms with Crippen molar-refractivity contribution in [2.75, 3.05) is 6.61 Å². The molecule has 184 valence electrons.